The highest BCUT2D eigenvalue weighted by molar-refractivity contribution is 7.11. The predicted molar refractivity (Wildman–Crippen MR) is 66.8 cm³/mol. The Kier molecular flexibility index (Phi) is 4.32. The molecule has 0 aromatic carbocycles. The first-order valence-corrected chi connectivity index (χ1v) is 6.88. The number of aryl methyl sites for hydroxylation is 1. The number of hydrogen-bond donors (Lipinski definition) is 1. The number of hydrogen-bond acceptors (Lipinski definition) is 4. The molecule has 3 nitrogen and oxygen atoms in total. The molecule has 1 aromatic heterocycles. The number of nitrogens with zero attached hydrogens (tertiary/aromatic N) is 1. The molecule has 1 aliphatic heterocycles. The summed E-state index contributed by atoms with van der Waals surface area (Å²) < 4.78 is 5.53. The summed E-state index contributed by atoms with van der Waals surface area (Å²) in [5.41, 5.74) is 0. The van der Waals surface area contributed by atoms with Crippen molar-refractivity contribution in [3.63, 3.8) is 0 Å². The van der Waals surface area contributed by atoms with E-state index in [1.165, 1.54) is 9.88 Å². The Balaban J connectivity index is 1.78. The number of rotatable bonds is 4. The van der Waals surface area contributed by atoms with Crippen molar-refractivity contribution in [1.82, 2.24) is 10.3 Å². The van der Waals surface area contributed by atoms with Gasteiger partial charge in [0.2, 0.25) is 0 Å². The molecule has 0 radical (unpaired) electrons. The molecule has 2 heterocycles. The summed E-state index contributed by atoms with van der Waals surface area (Å²) in [6.07, 6.45) is 5.69. The second-order valence-corrected chi connectivity index (χ2v) is 5.56. The van der Waals surface area contributed by atoms with Gasteiger partial charge in [-0.15, -0.1) is 11.3 Å². The van der Waals surface area contributed by atoms with Crippen LogP contribution in [0.3, 0.4) is 0 Å². The van der Waals surface area contributed by atoms with E-state index in [2.05, 4.69) is 24.1 Å². The Labute approximate surface area is 101 Å². The van der Waals surface area contributed by atoms with Gasteiger partial charge in [-0.3, -0.25) is 0 Å². The van der Waals surface area contributed by atoms with E-state index in [0.29, 0.717) is 12.1 Å². The molecule has 2 rings (SSSR count). The smallest absolute Gasteiger partial charge is 0.0925 e. The van der Waals surface area contributed by atoms with Gasteiger partial charge in [0.25, 0.3) is 0 Å². The molecule has 0 amide bonds. The van der Waals surface area contributed by atoms with Crippen molar-refractivity contribution in [2.24, 2.45) is 0 Å². The van der Waals surface area contributed by atoms with Crippen LogP contribution in [0, 0.1) is 0 Å². The van der Waals surface area contributed by atoms with Crippen molar-refractivity contribution >= 4 is 11.3 Å². The Morgan fingerprint density at radius 2 is 2.50 bits per heavy atom. The largest absolute Gasteiger partial charge is 0.378 e. The van der Waals surface area contributed by atoms with E-state index in [4.69, 9.17) is 4.74 Å². The number of nitrogens with one attached hydrogen (secondary N) is 1. The van der Waals surface area contributed by atoms with Crippen molar-refractivity contribution in [1.29, 1.82) is 0 Å². The van der Waals surface area contributed by atoms with Gasteiger partial charge in [-0.05, 0) is 26.2 Å². The summed E-state index contributed by atoms with van der Waals surface area (Å²) in [5, 5.41) is 4.83. The van der Waals surface area contributed by atoms with Crippen molar-refractivity contribution in [2.45, 2.75) is 51.8 Å². The lowest BCUT2D eigenvalue weighted by atomic mass is 10.0. The maximum Gasteiger partial charge on any atom is 0.0925 e. The molecular weight excluding hydrogens is 220 g/mol. The zero-order valence-electron chi connectivity index (χ0n) is 10.0. The van der Waals surface area contributed by atoms with Gasteiger partial charge in [0.1, 0.15) is 0 Å². The molecule has 0 spiro atoms. The Bertz CT molecular complexity index is 327. The van der Waals surface area contributed by atoms with Crippen LogP contribution in [0.2, 0.25) is 0 Å². The van der Waals surface area contributed by atoms with Gasteiger partial charge >= 0.3 is 0 Å². The monoisotopic (exact) mass is 240 g/mol. The molecule has 1 saturated heterocycles. The minimum atomic E-state index is 0.402. The molecule has 1 fully saturated rings. The highest BCUT2D eigenvalue weighted by Crippen LogP contribution is 2.16. The summed E-state index contributed by atoms with van der Waals surface area (Å²) in [6, 6.07) is 0.607. The average molecular weight is 240 g/mol. The van der Waals surface area contributed by atoms with Crippen LogP contribution in [0.4, 0.5) is 0 Å². The van der Waals surface area contributed by atoms with Gasteiger partial charge in [-0.2, -0.15) is 0 Å². The molecule has 1 aromatic rings. The number of thiazole rings is 1. The van der Waals surface area contributed by atoms with Crippen LogP contribution in [-0.2, 0) is 17.7 Å². The first-order valence-electron chi connectivity index (χ1n) is 6.06. The summed E-state index contributed by atoms with van der Waals surface area (Å²) in [6.45, 7) is 6.14. The molecule has 16 heavy (non-hydrogen) atoms. The number of ether oxygens (including phenoxy) is 1. The second-order valence-electron chi connectivity index (χ2n) is 4.36. The summed E-state index contributed by atoms with van der Waals surface area (Å²) in [4.78, 5) is 5.71. The molecule has 4 heteroatoms. The second kappa shape index (κ2) is 5.75. The van der Waals surface area contributed by atoms with Gasteiger partial charge < -0.3 is 10.1 Å². The van der Waals surface area contributed by atoms with E-state index in [9.17, 15) is 0 Å². The van der Waals surface area contributed by atoms with Gasteiger partial charge in [-0.1, -0.05) is 6.92 Å². The third-order valence-electron chi connectivity index (χ3n) is 2.95. The zero-order chi connectivity index (χ0) is 11.4. The van der Waals surface area contributed by atoms with Crippen LogP contribution in [0.5, 0.6) is 0 Å². The minimum Gasteiger partial charge on any atom is -0.378 e. The lowest BCUT2D eigenvalue weighted by Crippen LogP contribution is -2.37. The maximum atomic E-state index is 5.53. The molecule has 0 bridgehead atoms. The topological polar surface area (TPSA) is 34.2 Å². The summed E-state index contributed by atoms with van der Waals surface area (Å²) in [7, 11) is 0. The van der Waals surface area contributed by atoms with Crippen LogP contribution in [0.25, 0.3) is 0 Å². The van der Waals surface area contributed by atoms with Crippen molar-refractivity contribution in [3.05, 3.63) is 16.1 Å². The van der Waals surface area contributed by atoms with Crippen molar-refractivity contribution in [2.75, 3.05) is 6.61 Å². The fourth-order valence-corrected chi connectivity index (χ4v) is 2.83. The lowest BCUT2D eigenvalue weighted by Gasteiger charge is -2.27. The quantitative estimate of drug-likeness (QED) is 0.877. The lowest BCUT2D eigenvalue weighted by molar-refractivity contribution is 0.0131. The van der Waals surface area contributed by atoms with Gasteiger partial charge in [-0.25, -0.2) is 4.98 Å². The molecule has 90 valence electrons. The van der Waals surface area contributed by atoms with Gasteiger partial charge in [0.15, 0.2) is 0 Å². The van der Waals surface area contributed by atoms with E-state index in [1.54, 1.807) is 0 Å². The van der Waals surface area contributed by atoms with E-state index in [-0.39, 0.29) is 0 Å². The van der Waals surface area contributed by atoms with E-state index in [1.807, 2.05) is 17.5 Å². The molecule has 2 unspecified atom stereocenters. The highest BCUT2D eigenvalue weighted by atomic mass is 32.1. The molecule has 1 N–H and O–H groups in total. The fraction of sp³-hybridized carbons (Fsp3) is 0.750. The van der Waals surface area contributed by atoms with Crippen LogP contribution < -0.4 is 5.32 Å². The maximum absolute atomic E-state index is 5.53. The summed E-state index contributed by atoms with van der Waals surface area (Å²) in [5.74, 6) is 0. The predicted octanol–water partition coefficient (Wildman–Crippen LogP) is 2.36. The van der Waals surface area contributed by atoms with Crippen LogP contribution in [-0.4, -0.2) is 23.7 Å². The van der Waals surface area contributed by atoms with Crippen molar-refractivity contribution < 1.29 is 4.74 Å². The van der Waals surface area contributed by atoms with Crippen LogP contribution >= 0.6 is 11.3 Å². The van der Waals surface area contributed by atoms with E-state index < -0.39 is 0 Å². The fourth-order valence-electron chi connectivity index (χ4n) is 2.02. The first-order chi connectivity index (χ1) is 7.78. The molecule has 2 atom stereocenters. The zero-order valence-corrected chi connectivity index (χ0v) is 10.8. The molecule has 0 aliphatic carbocycles. The van der Waals surface area contributed by atoms with Crippen molar-refractivity contribution in [3.8, 4) is 0 Å². The van der Waals surface area contributed by atoms with Gasteiger partial charge in [0, 0.05) is 30.3 Å². The number of aromatic nitrogens is 1. The first kappa shape index (κ1) is 12.0. The molecule has 0 saturated carbocycles. The van der Waals surface area contributed by atoms with E-state index >= 15 is 0 Å². The third kappa shape index (κ3) is 3.27. The molecular formula is C12H20N2OS. The highest BCUT2D eigenvalue weighted by Gasteiger charge is 2.18. The Hall–Kier alpha value is -0.450. The summed E-state index contributed by atoms with van der Waals surface area (Å²) >= 11 is 1.82. The SMILES string of the molecule is CCc1ncc(CNC2CCOC(C)C2)s1. The average Bonchev–Trinajstić information content (AvgIpc) is 2.74. The van der Waals surface area contributed by atoms with Crippen LogP contribution in [0.15, 0.2) is 6.20 Å². The molecule has 1 aliphatic rings. The third-order valence-corrected chi connectivity index (χ3v) is 4.10. The standard InChI is InChI=1S/C12H20N2OS/c1-3-12-14-8-11(16-12)7-13-10-4-5-15-9(2)6-10/h8-10,13H,3-7H2,1-2H3. The minimum absolute atomic E-state index is 0.402. The normalized spacial score (nSPS) is 25.9. The van der Waals surface area contributed by atoms with Gasteiger partial charge in [0.05, 0.1) is 11.1 Å². The van der Waals surface area contributed by atoms with E-state index in [0.717, 1.165) is 32.4 Å². The Morgan fingerprint density at radius 1 is 1.62 bits per heavy atom. The Morgan fingerprint density at radius 3 is 3.19 bits per heavy atom. The van der Waals surface area contributed by atoms with Crippen LogP contribution in [0.1, 0.15) is 36.6 Å².